The molecule has 2 amide bonds. The lowest BCUT2D eigenvalue weighted by Gasteiger charge is -2.10. The Balaban J connectivity index is 1.44. The minimum absolute atomic E-state index is 0.0692. The van der Waals surface area contributed by atoms with E-state index in [4.69, 9.17) is 14.2 Å². The Morgan fingerprint density at radius 3 is 2.17 bits per heavy atom. The fourth-order valence-corrected chi connectivity index (χ4v) is 3.03. The molecule has 35 heavy (non-hydrogen) atoms. The highest BCUT2D eigenvalue weighted by Gasteiger charge is 2.09. The van der Waals surface area contributed by atoms with E-state index in [-0.39, 0.29) is 30.8 Å². The summed E-state index contributed by atoms with van der Waals surface area (Å²) in [7, 11) is 0. The second-order valence-electron chi connectivity index (χ2n) is 7.77. The van der Waals surface area contributed by atoms with Crippen molar-refractivity contribution < 1.29 is 28.6 Å². The molecule has 3 aromatic carbocycles. The molecule has 0 spiro atoms. The van der Waals surface area contributed by atoms with Crippen molar-refractivity contribution in [2.24, 2.45) is 0 Å². The number of carbonyl (C=O) groups excluding carboxylic acids is 3. The second kappa shape index (κ2) is 12.2. The summed E-state index contributed by atoms with van der Waals surface area (Å²) in [4.78, 5) is 35.9. The van der Waals surface area contributed by atoms with Gasteiger partial charge in [-0.3, -0.25) is 9.59 Å². The average molecular weight is 477 g/mol. The Labute approximate surface area is 204 Å². The van der Waals surface area contributed by atoms with Crippen LogP contribution in [0.2, 0.25) is 0 Å². The van der Waals surface area contributed by atoms with Crippen LogP contribution >= 0.6 is 0 Å². The molecule has 0 aliphatic carbocycles. The molecule has 0 fully saturated rings. The number of anilines is 1. The fraction of sp³-hybridized carbons (Fsp3) is 0.222. The van der Waals surface area contributed by atoms with Crippen LogP contribution in [-0.4, -0.2) is 31.2 Å². The van der Waals surface area contributed by atoms with Gasteiger partial charge in [0, 0.05) is 17.8 Å². The van der Waals surface area contributed by atoms with Crippen molar-refractivity contribution in [1.82, 2.24) is 5.32 Å². The molecule has 0 aliphatic heterocycles. The van der Waals surface area contributed by atoms with Gasteiger partial charge >= 0.3 is 6.16 Å². The Kier molecular flexibility index (Phi) is 8.83. The first-order chi connectivity index (χ1) is 16.8. The largest absolute Gasteiger partial charge is 0.513 e. The van der Waals surface area contributed by atoms with E-state index in [0.29, 0.717) is 23.5 Å². The van der Waals surface area contributed by atoms with Crippen LogP contribution in [-0.2, 0) is 16.1 Å². The minimum atomic E-state index is -0.796. The molecule has 8 heteroatoms. The molecule has 0 atom stereocenters. The first-order valence-electron chi connectivity index (χ1n) is 11.2. The van der Waals surface area contributed by atoms with Crippen molar-refractivity contribution >= 4 is 23.7 Å². The zero-order valence-electron chi connectivity index (χ0n) is 19.9. The molecule has 8 nitrogen and oxygen atoms in total. The number of amides is 2. The van der Waals surface area contributed by atoms with Crippen LogP contribution in [0, 0.1) is 13.8 Å². The molecule has 0 aromatic heterocycles. The molecule has 0 aliphatic rings. The zero-order chi connectivity index (χ0) is 25.2. The Morgan fingerprint density at radius 2 is 1.51 bits per heavy atom. The number of hydrogen-bond acceptors (Lipinski definition) is 6. The van der Waals surface area contributed by atoms with Gasteiger partial charge in [-0.05, 0) is 86.0 Å². The summed E-state index contributed by atoms with van der Waals surface area (Å²) in [6.07, 6.45) is -0.796. The Hall–Kier alpha value is -4.33. The maximum atomic E-state index is 12.5. The highest BCUT2D eigenvalue weighted by atomic mass is 16.7. The van der Waals surface area contributed by atoms with Crippen molar-refractivity contribution in [3.05, 3.63) is 89.0 Å². The summed E-state index contributed by atoms with van der Waals surface area (Å²) < 4.78 is 15.2. The molecule has 3 rings (SSSR count). The summed E-state index contributed by atoms with van der Waals surface area (Å²) in [6.45, 7) is 6.18. The number of aryl methyl sites for hydroxylation is 2. The molecule has 3 aromatic rings. The lowest BCUT2D eigenvalue weighted by molar-refractivity contribution is -0.123. The zero-order valence-corrected chi connectivity index (χ0v) is 19.9. The van der Waals surface area contributed by atoms with Crippen LogP contribution in [0.4, 0.5) is 10.5 Å². The van der Waals surface area contributed by atoms with E-state index in [2.05, 4.69) is 10.6 Å². The van der Waals surface area contributed by atoms with E-state index in [1.807, 2.05) is 44.2 Å². The third-order valence-corrected chi connectivity index (χ3v) is 5.13. The summed E-state index contributed by atoms with van der Waals surface area (Å²) in [6, 6.07) is 19.0. The fourth-order valence-electron chi connectivity index (χ4n) is 3.03. The first-order valence-corrected chi connectivity index (χ1v) is 11.2. The predicted molar refractivity (Wildman–Crippen MR) is 132 cm³/mol. The van der Waals surface area contributed by atoms with Gasteiger partial charge in [0.25, 0.3) is 11.8 Å². The quantitative estimate of drug-likeness (QED) is 0.340. The average Bonchev–Trinajstić information content (AvgIpc) is 2.85. The lowest BCUT2D eigenvalue weighted by atomic mass is 10.1. The number of ether oxygens (including phenoxy) is 3. The number of nitrogens with one attached hydrogen (secondary N) is 2. The molecular formula is C27H28N2O6. The third-order valence-electron chi connectivity index (χ3n) is 5.13. The monoisotopic (exact) mass is 476 g/mol. The van der Waals surface area contributed by atoms with Crippen LogP contribution in [0.15, 0.2) is 66.7 Å². The van der Waals surface area contributed by atoms with Crippen molar-refractivity contribution in [2.45, 2.75) is 27.3 Å². The molecule has 0 saturated heterocycles. The lowest BCUT2D eigenvalue weighted by Crippen LogP contribution is -2.28. The van der Waals surface area contributed by atoms with E-state index in [0.717, 1.165) is 11.1 Å². The highest BCUT2D eigenvalue weighted by Crippen LogP contribution is 2.17. The first kappa shape index (κ1) is 25.3. The normalized spacial score (nSPS) is 10.3. The van der Waals surface area contributed by atoms with Gasteiger partial charge in [0.15, 0.2) is 6.61 Å². The topological polar surface area (TPSA) is 103 Å². The van der Waals surface area contributed by atoms with Gasteiger partial charge in [-0.1, -0.05) is 18.2 Å². The summed E-state index contributed by atoms with van der Waals surface area (Å²) in [5, 5.41) is 5.61. The van der Waals surface area contributed by atoms with Gasteiger partial charge in [-0.2, -0.15) is 0 Å². The van der Waals surface area contributed by atoms with E-state index in [1.54, 1.807) is 31.2 Å². The standard InChI is InChI=1S/C27H28N2O6/c1-4-33-27(32)35-23-13-8-21(9-14-23)26(31)29-22-10-6-20(7-11-22)16-28-25(30)17-34-24-12-5-18(2)19(3)15-24/h5-15H,4,16-17H2,1-3H3,(H,28,30)(H,29,31). The predicted octanol–water partition coefficient (Wildman–Crippen LogP) is 4.79. The number of carbonyl (C=O) groups is 3. The van der Waals surface area contributed by atoms with E-state index in [1.165, 1.54) is 17.7 Å². The van der Waals surface area contributed by atoms with Crippen LogP contribution in [0.1, 0.15) is 34.0 Å². The SMILES string of the molecule is CCOC(=O)Oc1ccc(C(=O)Nc2ccc(CNC(=O)COc3ccc(C)c(C)c3)cc2)cc1. The van der Waals surface area contributed by atoms with Gasteiger partial charge in [0.2, 0.25) is 0 Å². The maximum Gasteiger partial charge on any atom is 0.513 e. The van der Waals surface area contributed by atoms with E-state index in [9.17, 15) is 14.4 Å². The molecule has 182 valence electrons. The second-order valence-corrected chi connectivity index (χ2v) is 7.77. The van der Waals surface area contributed by atoms with Gasteiger partial charge in [-0.25, -0.2) is 4.79 Å². The van der Waals surface area contributed by atoms with Crippen molar-refractivity contribution in [1.29, 1.82) is 0 Å². The molecule has 0 radical (unpaired) electrons. The Morgan fingerprint density at radius 1 is 0.829 bits per heavy atom. The van der Waals surface area contributed by atoms with Crippen molar-refractivity contribution in [3.8, 4) is 11.5 Å². The van der Waals surface area contributed by atoms with Crippen molar-refractivity contribution in [2.75, 3.05) is 18.5 Å². The molecular weight excluding hydrogens is 448 g/mol. The minimum Gasteiger partial charge on any atom is -0.484 e. The summed E-state index contributed by atoms with van der Waals surface area (Å²) >= 11 is 0. The number of benzene rings is 3. The molecule has 0 bridgehead atoms. The molecule has 0 heterocycles. The smallest absolute Gasteiger partial charge is 0.484 e. The maximum absolute atomic E-state index is 12.5. The van der Waals surface area contributed by atoms with Gasteiger partial charge in [0.1, 0.15) is 11.5 Å². The number of hydrogen-bond donors (Lipinski definition) is 2. The van der Waals surface area contributed by atoms with Gasteiger partial charge in [-0.15, -0.1) is 0 Å². The Bertz CT molecular complexity index is 1170. The summed E-state index contributed by atoms with van der Waals surface area (Å²) in [5.74, 6) is 0.406. The highest BCUT2D eigenvalue weighted by molar-refractivity contribution is 6.04. The van der Waals surface area contributed by atoms with Crippen LogP contribution in [0.3, 0.4) is 0 Å². The molecule has 2 N–H and O–H groups in total. The third kappa shape index (κ3) is 7.89. The molecule has 0 saturated carbocycles. The van der Waals surface area contributed by atoms with E-state index >= 15 is 0 Å². The van der Waals surface area contributed by atoms with Crippen LogP contribution in [0.25, 0.3) is 0 Å². The van der Waals surface area contributed by atoms with Gasteiger partial charge in [0.05, 0.1) is 6.61 Å². The molecule has 0 unspecified atom stereocenters. The van der Waals surface area contributed by atoms with Crippen LogP contribution in [0.5, 0.6) is 11.5 Å². The van der Waals surface area contributed by atoms with Crippen molar-refractivity contribution in [3.63, 3.8) is 0 Å². The number of rotatable bonds is 9. The van der Waals surface area contributed by atoms with Gasteiger partial charge < -0.3 is 24.8 Å². The van der Waals surface area contributed by atoms with Crippen LogP contribution < -0.4 is 20.1 Å². The van der Waals surface area contributed by atoms with E-state index < -0.39 is 6.16 Å². The summed E-state index contributed by atoms with van der Waals surface area (Å²) in [5.41, 5.74) is 4.16.